The van der Waals surface area contributed by atoms with Gasteiger partial charge in [0.15, 0.2) is 0 Å². The molecule has 2 aliphatic rings. The predicted molar refractivity (Wildman–Crippen MR) is 136 cm³/mol. The van der Waals surface area contributed by atoms with Crippen LogP contribution in [0.2, 0.25) is 5.02 Å². The van der Waals surface area contributed by atoms with Gasteiger partial charge in [0.2, 0.25) is 12.3 Å². The minimum absolute atomic E-state index is 0.0745. The number of hydrogen-bond donors (Lipinski definition) is 1. The molecule has 7 heteroatoms. The first kappa shape index (κ1) is 22.4. The quantitative estimate of drug-likeness (QED) is 0.583. The summed E-state index contributed by atoms with van der Waals surface area (Å²) in [5.41, 5.74) is 5.60. The van der Waals surface area contributed by atoms with Crippen molar-refractivity contribution < 1.29 is 5.11 Å². The smallest absolute Gasteiger partial charge is 0.243 e. The standard InChI is InChI=1S/C27H28ClN5O/c1-3-19-9-7-8-12-22(19)17-33-27(34)31(2)26(30-33)32-18-24(20-10-5-4-6-11-20)25(29-32)21-13-15-23(28)16-14-21/h4-16,24,27,34H,3,17-18H2,1-2H3. The van der Waals surface area contributed by atoms with Crippen LogP contribution >= 0.6 is 11.6 Å². The van der Waals surface area contributed by atoms with Crippen LogP contribution in [0.3, 0.4) is 0 Å². The minimum Gasteiger partial charge on any atom is -0.355 e. The topological polar surface area (TPSA) is 54.7 Å². The van der Waals surface area contributed by atoms with Crippen molar-refractivity contribution in [3.63, 3.8) is 0 Å². The van der Waals surface area contributed by atoms with Crippen molar-refractivity contribution in [2.24, 2.45) is 10.2 Å². The van der Waals surface area contributed by atoms with Crippen LogP contribution in [0.25, 0.3) is 0 Å². The molecule has 6 nitrogen and oxygen atoms in total. The van der Waals surface area contributed by atoms with Gasteiger partial charge in [-0.15, -0.1) is 5.10 Å². The number of hydrogen-bond acceptors (Lipinski definition) is 6. The maximum Gasteiger partial charge on any atom is 0.243 e. The van der Waals surface area contributed by atoms with E-state index in [-0.39, 0.29) is 5.92 Å². The minimum atomic E-state index is -0.857. The van der Waals surface area contributed by atoms with E-state index < -0.39 is 6.35 Å². The Bertz CT molecular complexity index is 1210. The lowest BCUT2D eigenvalue weighted by Crippen LogP contribution is -2.43. The second kappa shape index (κ2) is 9.49. The molecule has 5 rings (SSSR count). The average molecular weight is 474 g/mol. The number of aliphatic hydroxyl groups excluding tert-OH is 1. The lowest BCUT2D eigenvalue weighted by Gasteiger charge is -2.26. The van der Waals surface area contributed by atoms with E-state index in [4.69, 9.17) is 21.8 Å². The fraction of sp³-hybridized carbons (Fsp3) is 0.259. The molecule has 3 aromatic carbocycles. The molecule has 3 aromatic rings. The maximum absolute atomic E-state index is 11.0. The number of aliphatic hydroxyl groups is 1. The third-order valence-electron chi connectivity index (χ3n) is 6.46. The summed E-state index contributed by atoms with van der Waals surface area (Å²) in [6.07, 6.45) is 0.0800. The zero-order valence-corrected chi connectivity index (χ0v) is 20.1. The van der Waals surface area contributed by atoms with Crippen molar-refractivity contribution in [3.8, 4) is 0 Å². The van der Waals surface area contributed by atoms with Gasteiger partial charge in [0.25, 0.3) is 0 Å². The van der Waals surface area contributed by atoms with Gasteiger partial charge < -0.3 is 5.11 Å². The van der Waals surface area contributed by atoms with E-state index in [9.17, 15) is 5.11 Å². The van der Waals surface area contributed by atoms with Gasteiger partial charge in [0, 0.05) is 18.0 Å². The summed E-state index contributed by atoms with van der Waals surface area (Å²) in [7, 11) is 1.85. The Morgan fingerprint density at radius 2 is 1.59 bits per heavy atom. The summed E-state index contributed by atoms with van der Waals surface area (Å²) in [5.74, 6) is 0.705. The van der Waals surface area contributed by atoms with Crippen molar-refractivity contribution in [1.29, 1.82) is 0 Å². The molecular weight excluding hydrogens is 446 g/mol. The van der Waals surface area contributed by atoms with E-state index in [1.165, 1.54) is 11.1 Å². The third-order valence-corrected chi connectivity index (χ3v) is 6.72. The molecule has 2 atom stereocenters. The third kappa shape index (κ3) is 4.27. The highest BCUT2D eigenvalue weighted by Gasteiger charge is 2.38. The number of nitrogens with zero attached hydrogens (tertiary/aromatic N) is 5. The highest BCUT2D eigenvalue weighted by atomic mass is 35.5. The van der Waals surface area contributed by atoms with Gasteiger partial charge in [-0.2, -0.15) is 5.10 Å². The zero-order valence-electron chi connectivity index (χ0n) is 19.3. The van der Waals surface area contributed by atoms with Crippen LogP contribution in [0.1, 0.15) is 35.1 Å². The molecule has 2 unspecified atom stereocenters. The van der Waals surface area contributed by atoms with Gasteiger partial charge in [-0.3, -0.25) is 4.90 Å². The van der Waals surface area contributed by atoms with Crippen LogP contribution < -0.4 is 0 Å². The van der Waals surface area contributed by atoms with E-state index in [0.29, 0.717) is 24.1 Å². The Kier molecular flexibility index (Phi) is 6.26. The molecule has 0 saturated heterocycles. The first-order valence-electron chi connectivity index (χ1n) is 11.5. The fourth-order valence-electron chi connectivity index (χ4n) is 4.58. The van der Waals surface area contributed by atoms with Crippen molar-refractivity contribution >= 4 is 23.3 Å². The van der Waals surface area contributed by atoms with Crippen LogP contribution in [0.15, 0.2) is 89.1 Å². The molecule has 0 aromatic heterocycles. The van der Waals surface area contributed by atoms with E-state index in [1.54, 1.807) is 9.91 Å². The Morgan fingerprint density at radius 3 is 2.29 bits per heavy atom. The van der Waals surface area contributed by atoms with E-state index in [1.807, 2.05) is 66.7 Å². The zero-order chi connectivity index (χ0) is 23.7. The summed E-state index contributed by atoms with van der Waals surface area (Å²) < 4.78 is 0. The van der Waals surface area contributed by atoms with Crippen LogP contribution in [-0.4, -0.2) is 51.6 Å². The molecular formula is C27H28ClN5O. The second-order valence-electron chi connectivity index (χ2n) is 8.61. The van der Waals surface area contributed by atoms with E-state index in [2.05, 4.69) is 31.2 Å². The highest BCUT2D eigenvalue weighted by molar-refractivity contribution is 6.30. The summed E-state index contributed by atoms with van der Waals surface area (Å²) in [6, 6.07) is 26.5. The number of guanidine groups is 1. The molecule has 34 heavy (non-hydrogen) atoms. The molecule has 2 heterocycles. The Labute approximate surface area is 205 Å². The van der Waals surface area contributed by atoms with Crippen LogP contribution in [-0.2, 0) is 13.0 Å². The van der Waals surface area contributed by atoms with Gasteiger partial charge in [0.05, 0.1) is 18.8 Å². The van der Waals surface area contributed by atoms with Gasteiger partial charge in [-0.05, 0) is 40.8 Å². The lowest BCUT2D eigenvalue weighted by atomic mass is 9.91. The number of aryl methyl sites for hydroxylation is 1. The largest absolute Gasteiger partial charge is 0.355 e. The van der Waals surface area contributed by atoms with Crippen molar-refractivity contribution in [1.82, 2.24) is 14.9 Å². The first-order valence-corrected chi connectivity index (χ1v) is 11.9. The SMILES string of the molecule is CCc1ccccc1CN1N=C(N2CC(c3ccccc3)C(c3ccc(Cl)cc3)=N2)N(C)C1O. The molecule has 0 fully saturated rings. The second-order valence-corrected chi connectivity index (χ2v) is 9.05. The molecule has 0 bridgehead atoms. The number of hydrazone groups is 2. The lowest BCUT2D eigenvalue weighted by molar-refractivity contribution is -0.0557. The number of benzene rings is 3. The Balaban J connectivity index is 1.47. The molecule has 0 aliphatic carbocycles. The average Bonchev–Trinajstić information content (AvgIpc) is 3.43. The summed E-state index contributed by atoms with van der Waals surface area (Å²) in [6.45, 7) is 3.31. The van der Waals surface area contributed by atoms with E-state index in [0.717, 1.165) is 23.3 Å². The molecule has 1 N–H and O–H groups in total. The molecule has 0 spiro atoms. The van der Waals surface area contributed by atoms with Gasteiger partial charge in [0.1, 0.15) is 0 Å². The van der Waals surface area contributed by atoms with Gasteiger partial charge in [-0.1, -0.05) is 85.3 Å². The molecule has 2 aliphatic heterocycles. The maximum atomic E-state index is 11.0. The fourth-order valence-corrected chi connectivity index (χ4v) is 4.70. The molecule has 0 saturated carbocycles. The molecule has 174 valence electrons. The van der Waals surface area contributed by atoms with Crippen molar-refractivity contribution in [2.75, 3.05) is 13.6 Å². The summed E-state index contributed by atoms with van der Waals surface area (Å²) in [4.78, 5) is 1.77. The Hall–Kier alpha value is -3.35. The van der Waals surface area contributed by atoms with Crippen molar-refractivity contribution in [2.45, 2.75) is 32.2 Å². The van der Waals surface area contributed by atoms with Gasteiger partial charge >= 0.3 is 0 Å². The normalized spacial score (nSPS) is 20.1. The van der Waals surface area contributed by atoms with E-state index >= 15 is 0 Å². The highest BCUT2D eigenvalue weighted by Crippen LogP contribution is 2.31. The monoisotopic (exact) mass is 473 g/mol. The number of halogens is 1. The molecule has 0 radical (unpaired) electrons. The van der Waals surface area contributed by atoms with Gasteiger partial charge in [-0.25, -0.2) is 10.0 Å². The van der Waals surface area contributed by atoms with Crippen LogP contribution in [0.4, 0.5) is 0 Å². The predicted octanol–water partition coefficient (Wildman–Crippen LogP) is 4.70. The van der Waals surface area contributed by atoms with Crippen LogP contribution in [0.5, 0.6) is 0 Å². The first-order chi connectivity index (χ1) is 16.5. The molecule has 0 amide bonds. The summed E-state index contributed by atoms with van der Waals surface area (Å²) >= 11 is 6.13. The number of rotatable bonds is 5. The Morgan fingerprint density at radius 1 is 0.912 bits per heavy atom. The van der Waals surface area contributed by atoms with Crippen molar-refractivity contribution in [3.05, 3.63) is 106 Å². The summed E-state index contributed by atoms with van der Waals surface area (Å²) in [5, 5.41) is 25.1. The van der Waals surface area contributed by atoms with Crippen LogP contribution in [0, 0.1) is 0 Å².